The fourth-order valence-corrected chi connectivity index (χ4v) is 2.38. The predicted molar refractivity (Wildman–Crippen MR) is 66.8 cm³/mol. The number of rotatable bonds is 2. The normalized spacial score (nSPS) is 11.7. The molecule has 77 valence electrons. The van der Waals surface area contributed by atoms with Crippen molar-refractivity contribution in [2.75, 3.05) is 0 Å². The molecule has 1 radical (unpaired) electrons. The molecule has 0 aliphatic heterocycles. The van der Waals surface area contributed by atoms with E-state index in [4.69, 9.17) is 4.43 Å². The Morgan fingerprint density at radius 2 is 1.87 bits per heavy atom. The maximum absolute atomic E-state index is 6.03. The van der Waals surface area contributed by atoms with Crippen LogP contribution in [0.1, 0.15) is 0 Å². The molecule has 15 heavy (non-hydrogen) atoms. The summed E-state index contributed by atoms with van der Waals surface area (Å²) in [6.07, 6.45) is 0. The van der Waals surface area contributed by atoms with Crippen molar-refractivity contribution in [2.24, 2.45) is 0 Å². The quantitative estimate of drug-likeness (QED) is 0.691. The summed E-state index contributed by atoms with van der Waals surface area (Å²) in [6.45, 7) is 6.58. The lowest BCUT2D eigenvalue weighted by Crippen LogP contribution is -2.29. The average Bonchev–Trinajstić information content (AvgIpc) is 2.16. The predicted octanol–water partition coefficient (Wildman–Crippen LogP) is 3.85. The van der Waals surface area contributed by atoms with E-state index in [9.17, 15) is 0 Å². The average molecular weight is 215 g/mol. The second-order valence-electron chi connectivity index (χ2n) is 4.60. The highest BCUT2D eigenvalue weighted by atomic mass is 28.4. The van der Waals surface area contributed by atoms with Crippen molar-refractivity contribution >= 4 is 19.1 Å². The minimum Gasteiger partial charge on any atom is -0.544 e. The van der Waals surface area contributed by atoms with Crippen molar-refractivity contribution < 1.29 is 4.43 Å². The van der Waals surface area contributed by atoms with Crippen LogP contribution >= 0.6 is 0 Å². The molecule has 0 amide bonds. The largest absolute Gasteiger partial charge is 0.544 e. The van der Waals surface area contributed by atoms with Crippen molar-refractivity contribution in [2.45, 2.75) is 19.6 Å². The molecule has 0 heterocycles. The fraction of sp³-hybridized carbons (Fsp3) is 0.231. The highest BCUT2D eigenvalue weighted by Gasteiger charge is 2.17. The van der Waals surface area contributed by atoms with E-state index in [1.807, 2.05) is 24.3 Å². The van der Waals surface area contributed by atoms with Gasteiger partial charge in [-0.25, -0.2) is 0 Å². The van der Waals surface area contributed by atoms with Gasteiger partial charge in [-0.05, 0) is 37.2 Å². The summed E-state index contributed by atoms with van der Waals surface area (Å²) in [4.78, 5) is 0. The van der Waals surface area contributed by atoms with E-state index in [0.29, 0.717) is 0 Å². The number of hydrogen-bond donors (Lipinski definition) is 0. The van der Waals surface area contributed by atoms with Gasteiger partial charge in [0.1, 0.15) is 5.75 Å². The third-order valence-electron chi connectivity index (χ3n) is 2.08. The van der Waals surface area contributed by atoms with Crippen LogP contribution in [0.15, 0.2) is 36.4 Å². The van der Waals surface area contributed by atoms with Gasteiger partial charge in [0.05, 0.1) is 0 Å². The third-order valence-corrected chi connectivity index (χ3v) is 2.91. The van der Waals surface area contributed by atoms with Gasteiger partial charge in [0.2, 0.25) is 8.32 Å². The lowest BCUT2D eigenvalue weighted by molar-refractivity contribution is 0.564. The molecule has 0 aromatic heterocycles. The first-order chi connectivity index (χ1) is 7.06. The molecule has 0 atom stereocenters. The number of fused-ring (bicyclic) bond motifs is 1. The van der Waals surface area contributed by atoms with E-state index in [2.05, 4.69) is 37.8 Å². The van der Waals surface area contributed by atoms with Crippen LogP contribution in [0.2, 0.25) is 19.6 Å². The Labute approximate surface area is 91.8 Å². The van der Waals surface area contributed by atoms with Gasteiger partial charge in [-0.3, -0.25) is 0 Å². The molecule has 0 N–H and O–H groups in total. The summed E-state index contributed by atoms with van der Waals surface area (Å²) in [5, 5.41) is 2.27. The molecule has 0 aliphatic carbocycles. The first-order valence-electron chi connectivity index (χ1n) is 5.15. The van der Waals surface area contributed by atoms with Gasteiger partial charge in [0, 0.05) is 5.39 Å². The zero-order chi connectivity index (χ0) is 10.9. The van der Waals surface area contributed by atoms with Gasteiger partial charge in [-0.15, -0.1) is 0 Å². The topological polar surface area (TPSA) is 9.23 Å². The van der Waals surface area contributed by atoms with Crippen molar-refractivity contribution in [1.82, 2.24) is 0 Å². The second kappa shape index (κ2) is 3.70. The highest BCUT2D eigenvalue weighted by molar-refractivity contribution is 6.70. The Morgan fingerprint density at radius 1 is 1.07 bits per heavy atom. The Hall–Kier alpha value is -1.28. The number of hydrogen-bond acceptors (Lipinski definition) is 1. The van der Waals surface area contributed by atoms with Gasteiger partial charge in [-0.1, -0.05) is 30.3 Å². The van der Waals surface area contributed by atoms with Crippen LogP contribution in [-0.4, -0.2) is 8.32 Å². The molecule has 2 aromatic carbocycles. The van der Waals surface area contributed by atoms with Gasteiger partial charge in [-0.2, -0.15) is 0 Å². The smallest absolute Gasteiger partial charge is 0.242 e. The molecule has 2 heteroatoms. The van der Waals surface area contributed by atoms with E-state index >= 15 is 0 Å². The van der Waals surface area contributed by atoms with Crippen LogP contribution in [0.4, 0.5) is 0 Å². The maximum Gasteiger partial charge on any atom is 0.242 e. The van der Waals surface area contributed by atoms with Gasteiger partial charge in [0.25, 0.3) is 0 Å². The minimum absolute atomic E-state index is 0.989. The minimum atomic E-state index is -1.53. The number of benzene rings is 2. The molecule has 0 spiro atoms. The summed E-state index contributed by atoms with van der Waals surface area (Å²) in [5.74, 6) is 0.989. The lowest BCUT2D eigenvalue weighted by atomic mass is 10.1. The molecular formula is C13H15OSi. The van der Waals surface area contributed by atoms with E-state index in [1.54, 1.807) is 0 Å². The zero-order valence-corrected chi connectivity index (χ0v) is 10.4. The van der Waals surface area contributed by atoms with E-state index < -0.39 is 8.32 Å². The molecule has 0 saturated heterocycles. The van der Waals surface area contributed by atoms with Crippen LogP contribution < -0.4 is 4.43 Å². The molecule has 0 aliphatic rings. The molecule has 0 unspecified atom stereocenters. The van der Waals surface area contributed by atoms with Gasteiger partial charge >= 0.3 is 0 Å². The molecule has 0 saturated carbocycles. The molecule has 2 aromatic rings. The summed E-state index contributed by atoms with van der Waals surface area (Å²) < 4.78 is 6.03. The van der Waals surface area contributed by atoms with E-state index in [0.717, 1.165) is 16.5 Å². The first-order valence-corrected chi connectivity index (χ1v) is 8.55. The molecule has 2 rings (SSSR count). The molecule has 1 nitrogen and oxygen atoms in total. The second-order valence-corrected chi connectivity index (χ2v) is 9.03. The van der Waals surface area contributed by atoms with Crippen LogP contribution in [0.25, 0.3) is 10.8 Å². The summed E-state index contributed by atoms with van der Waals surface area (Å²) in [7, 11) is -1.53. The highest BCUT2D eigenvalue weighted by Crippen LogP contribution is 2.26. The van der Waals surface area contributed by atoms with Crippen LogP contribution in [0.3, 0.4) is 0 Å². The van der Waals surface area contributed by atoms with Crippen molar-refractivity contribution in [3.05, 3.63) is 42.5 Å². The van der Waals surface area contributed by atoms with Crippen LogP contribution in [0.5, 0.6) is 5.75 Å². The third kappa shape index (κ3) is 2.39. The SMILES string of the molecule is C[Si](C)(C)Oc1cccc2[c]cccc12. The summed E-state index contributed by atoms with van der Waals surface area (Å²) in [6, 6.07) is 15.3. The van der Waals surface area contributed by atoms with E-state index in [1.165, 1.54) is 0 Å². The van der Waals surface area contributed by atoms with Crippen molar-refractivity contribution in [1.29, 1.82) is 0 Å². The van der Waals surface area contributed by atoms with Gasteiger partial charge in [0.15, 0.2) is 0 Å². The van der Waals surface area contributed by atoms with Crippen molar-refractivity contribution in [3.63, 3.8) is 0 Å². The van der Waals surface area contributed by atoms with Gasteiger partial charge < -0.3 is 4.43 Å². The maximum atomic E-state index is 6.03. The zero-order valence-electron chi connectivity index (χ0n) is 9.37. The van der Waals surface area contributed by atoms with Crippen LogP contribution in [-0.2, 0) is 0 Å². The Morgan fingerprint density at radius 3 is 2.60 bits per heavy atom. The monoisotopic (exact) mass is 215 g/mol. The Balaban J connectivity index is 2.52. The Kier molecular flexibility index (Phi) is 2.53. The Bertz CT molecular complexity index is 466. The van der Waals surface area contributed by atoms with Crippen LogP contribution in [0, 0.1) is 6.07 Å². The first kappa shape index (κ1) is 10.2. The summed E-state index contributed by atoms with van der Waals surface area (Å²) >= 11 is 0. The molecule has 0 fully saturated rings. The molecular weight excluding hydrogens is 200 g/mol. The standard InChI is InChI=1S/C13H15OSi/c1-15(2,3)14-13-10-6-8-11-7-4-5-9-12(11)13/h4-6,8-10H,1-3H3. The molecule has 0 bridgehead atoms. The lowest BCUT2D eigenvalue weighted by Gasteiger charge is -2.20. The van der Waals surface area contributed by atoms with Crippen molar-refractivity contribution in [3.8, 4) is 5.75 Å². The van der Waals surface area contributed by atoms with E-state index in [-0.39, 0.29) is 0 Å². The summed E-state index contributed by atoms with van der Waals surface area (Å²) in [5.41, 5.74) is 0. The fourth-order valence-electron chi connectivity index (χ4n) is 1.54.